The fourth-order valence-electron chi connectivity index (χ4n) is 1.38. The van der Waals surface area contributed by atoms with Gasteiger partial charge >= 0.3 is 0 Å². The molecule has 17 heavy (non-hydrogen) atoms. The highest BCUT2D eigenvalue weighted by Gasteiger charge is 2.06. The number of H-pyrrole nitrogens is 1. The predicted octanol–water partition coefficient (Wildman–Crippen LogP) is 1.21. The Labute approximate surface area is 98.1 Å². The van der Waals surface area contributed by atoms with Gasteiger partial charge in [-0.15, -0.1) is 0 Å². The van der Waals surface area contributed by atoms with E-state index in [-0.39, 0.29) is 5.91 Å². The molecular weight excluding hydrogens is 216 g/mol. The van der Waals surface area contributed by atoms with Crippen molar-refractivity contribution in [3.63, 3.8) is 0 Å². The van der Waals surface area contributed by atoms with Gasteiger partial charge in [0.2, 0.25) is 0 Å². The zero-order valence-corrected chi connectivity index (χ0v) is 8.97. The highest BCUT2D eigenvalue weighted by molar-refractivity contribution is 5.94. The van der Waals surface area contributed by atoms with Gasteiger partial charge < -0.3 is 10.3 Å². The molecule has 2 aromatic heterocycles. The number of carbonyl (C=O) groups excluding carboxylic acids is 1. The maximum absolute atomic E-state index is 11.7. The number of aromatic amines is 1. The summed E-state index contributed by atoms with van der Waals surface area (Å²) in [6, 6.07) is 7.19. The molecule has 0 fully saturated rings. The lowest BCUT2D eigenvalue weighted by Gasteiger charge is -2.03. The third-order valence-corrected chi connectivity index (χ3v) is 2.23. The van der Waals surface area contributed by atoms with Crippen LogP contribution >= 0.6 is 0 Å². The molecule has 0 aromatic carbocycles. The molecule has 2 heterocycles. The van der Waals surface area contributed by atoms with Crippen LogP contribution < -0.4 is 5.32 Å². The second kappa shape index (κ2) is 4.94. The van der Waals surface area contributed by atoms with Gasteiger partial charge in [-0.3, -0.25) is 9.78 Å². The van der Waals surface area contributed by atoms with Crippen molar-refractivity contribution in [2.24, 2.45) is 0 Å². The second-order valence-corrected chi connectivity index (χ2v) is 3.45. The first kappa shape index (κ1) is 10.9. The van der Waals surface area contributed by atoms with Crippen LogP contribution in [0, 0.1) is 11.3 Å². The van der Waals surface area contributed by atoms with Crippen molar-refractivity contribution >= 4 is 5.91 Å². The number of pyridine rings is 1. The van der Waals surface area contributed by atoms with E-state index in [4.69, 9.17) is 5.26 Å². The van der Waals surface area contributed by atoms with Crippen LogP contribution in [0.1, 0.15) is 21.6 Å². The van der Waals surface area contributed by atoms with Crippen molar-refractivity contribution in [3.05, 3.63) is 53.6 Å². The van der Waals surface area contributed by atoms with E-state index < -0.39 is 0 Å². The largest absolute Gasteiger partial charge is 0.364 e. The van der Waals surface area contributed by atoms with Gasteiger partial charge in [0.15, 0.2) is 0 Å². The number of nitrogens with one attached hydrogen (secondary N) is 2. The summed E-state index contributed by atoms with van der Waals surface area (Å²) < 4.78 is 0. The van der Waals surface area contributed by atoms with E-state index in [9.17, 15) is 4.79 Å². The number of rotatable bonds is 3. The molecule has 0 atom stereocenters. The second-order valence-electron chi connectivity index (χ2n) is 3.45. The van der Waals surface area contributed by atoms with Crippen LogP contribution in [0.25, 0.3) is 0 Å². The number of hydrogen-bond donors (Lipinski definition) is 2. The Morgan fingerprint density at radius 3 is 3.12 bits per heavy atom. The molecule has 0 saturated heterocycles. The van der Waals surface area contributed by atoms with E-state index in [0.29, 0.717) is 17.7 Å². The number of amides is 1. The quantitative estimate of drug-likeness (QED) is 0.825. The van der Waals surface area contributed by atoms with Gasteiger partial charge in [-0.25, -0.2) is 0 Å². The third kappa shape index (κ3) is 2.69. The van der Waals surface area contributed by atoms with Crippen LogP contribution in [0.3, 0.4) is 0 Å². The van der Waals surface area contributed by atoms with Gasteiger partial charge in [-0.05, 0) is 18.2 Å². The van der Waals surface area contributed by atoms with Crippen molar-refractivity contribution in [1.82, 2.24) is 15.3 Å². The molecule has 84 valence electrons. The van der Waals surface area contributed by atoms with E-state index in [2.05, 4.69) is 15.3 Å². The van der Waals surface area contributed by atoms with Crippen LogP contribution in [0.15, 0.2) is 36.8 Å². The van der Waals surface area contributed by atoms with Crippen LogP contribution in [-0.2, 0) is 6.54 Å². The Morgan fingerprint density at radius 2 is 2.41 bits per heavy atom. The standard InChI is InChI=1S/C12H10N4O/c13-5-9-4-10(7-14-6-9)12(17)16-8-11-2-1-3-15-11/h1-4,6-7,15H,8H2,(H,16,17). The first-order chi connectivity index (χ1) is 8.29. The topological polar surface area (TPSA) is 81.6 Å². The minimum atomic E-state index is -0.246. The highest BCUT2D eigenvalue weighted by atomic mass is 16.1. The van der Waals surface area contributed by atoms with Crippen molar-refractivity contribution in [1.29, 1.82) is 5.26 Å². The number of aromatic nitrogens is 2. The van der Waals surface area contributed by atoms with Crippen LogP contribution in [0.5, 0.6) is 0 Å². The molecule has 2 N–H and O–H groups in total. The first-order valence-electron chi connectivity index (χ1n) is 5.05. The van der Waals surface area contributed by atoms with E-state index in [1.54, 1.807) is 6.20 Å². The maximum Gasteiger partial charge on any atom is 0.253 e. The Kier molecular flexibility index (Phi) is 3.17. The molecule has 5 heteroatoms. The Hall–Kier alpha value is -2.61. The Bertz CT molecular complexity index is 554. The van der Waals surface area contributed by atoms with Gasteiger partial charge in [-0.2, -0.15) is 5.26 Å². The number of nitriles is 1. The minimum Gasteiger partial charge on any atom is -0.364 e. The van der Waals surface area contributed by atoms with E-state index in [1.807, 2.05) is 18.2 Å². The van der Waals surface area contributed by atoms with E-state index in [0.717, 1.165) is 5.69 Å². The van der Waals surface area contributed by atoms with E-state index >= 15 is 0 Å². The van der Waals surface area contributed by atoms with Crippen LogP contribution in [0.4, 0.5) is 0 Å². The molecule has 2 aromatic rings. The normalized spacial score (nSPS) is 9.59. The molecule has 0 bridgehead atoms. The summed E-state index contributed by atoms with van der Waals surface area (Å²) in [5.41, 5.74) is 1.68. The van der Waals surface area contributed by atoms with Crippen LogP contribution in [0.2, 0.25) is 0 Å². The zero-order chi connectivity index (χ0) is 12.1. The summed E-state index contributed by atoms with van der Waals surface area (Å²) in [5, 5.41) is 11.4. The number of carbonyl (C=O) groups is 1. The molecule has 0 aliphatic carbocycles. The molecular formula is C12H10N4O. The lowest BCUT2D eigenvalue weighted by Crippen LogP contribution is -2.23. The van der Waals surface area contributed by atoms with Crippen molar-refractivity contribution < 1.29 is 4.79 Å². The SMILES string of the molecule is N#Cc1cncc(C(=O)NCc2ccc[nH]2)c1. The summed E-state index contributed by atoms with van der Waals surface area (Å²) in [6.45, 7) is 0.419. The summed E-state index contributed by atoms with van der Waals surface area (Å²) in [5.74, 6) is -0.246. The molecule has 0 radical (unpaired) electrons. The lowest BCUT2D eigenvalue weighted by atomic mass is 10.2. The van der Waals surface area contributed by atoms with Gasteiger partial charge in [0, 0.05) is 24.3 Å². The summed E-state index contributed by atoms with van der Waals surface area (Å²) in [7, 11) is 0. The average molecular weight is 226 g/mol. The molecule has 0 aliphatic rings. The monoisotopic (exact) mass is 226 g/mol. The van der Waals surface area contributed by atoms with Crippen molar-refractivity contribution in [3.8, 4) is 6.07 Å². The van der Waals surface area contributed by atoms with Gasteiger partial charge in [0.1, 0.15) is 6.07 Å². The Morgan fingerprint density at radius 1 is 1.53 bits per heavy atom. The number of nitrogens with zero attached hydrogens (tertiary/aromatic N) is 2. The molecule has 0 aliphatic heterocycles. The highest BCUT2D eigenvalue weighted by Crippen LogP contribution is 2.02. The molecule has 2 rings (SSSR count). The summed E-state index contributed by atoms with van der Waals surface area (Å²) >= 11 is 0. The zero-order valence-electron chi connectivity index (χ0n) is 8.97. The fourth-order valence-corrected chi connectivity index (χ4v) is 1.38. The predicted molar refractivity (Wildman–Crippen MR) is 60.9 cm³/mol. The lowest BCUT2D eigenvalue weighted by molar-refractivity contribution is 0.0950. The minimum absolute atomic E-state index is 0.246. The average Bonchev–Trinajstić information content (AvgIpc) is 2.89. The molecule has 0 spiro atoms. The molecule has 5 nitrogen and oxygen atoms in total. The van der Waals surface area contributed by atoms with Crippen LogP contribution in [-0.4, -0.2) is 15.9 Å². The maximum atomic E-state index is 11.7. The first-order valence-corrected chi connectivity index (χ1v) is 5.05. The smallest absolute Gasteiger partial charge is 0.253 e. The molecule has 0 saturated carbocycles. The summed E-state index contributed by atoms with van der Waals surface area (Å²) in [4.78, 5) is 18.5. The van der Waals surface area contributed by atoms with Gasteiger partial charge in [0.05, 0.1) is 17.7 Å². The van der Waals surface area contributed by atoms with Gasteiger partial charge in [0.25, 0.3) is 5.91 Å². The molecule has 0 unspecified atom stereocenters. The van der Waals surface area contributed by atoms with Gasteiger partial charge in [-0.1, -0.05) is 0 Å². The fraction of sp³-hybridized carbons (Fsp3) is 0.0833. The molecule has 1 amide bonds. The van der Waals surface area contributed by atoms with Crippen molar-refractivity contribution in [2.45, 2.75) is 6.54 Å². The summed E-state index contributed by atoms with van der Waals surface area (Å²) in [6.07, 6.45) is 4.64. The third-order valence-electron chi connectivity index (χ3n) is 2.23. The number of hydrogen-bond acceptors (Lipinski definition) is 3. The van der Waals surface area contributed by atoms with Crippen molar-refractivity contribution in [2.75, 3.05) is 0 Å². The van der Waals surface area contributed by atoms with E-state index in [1.165, 1.54) is 18.5 Å². The Balaban J connectivity index is 2.02.